The van der Waals surface area contributed by atoms with Gasteiger partial charge >= 0.3 is 5.97 Å². The number of carbonyl (C=O) groups excluding carboxylic acids is 1. The van der Waals surface area contributed by atoms with Gasteiger partial charge in [-0.2, -0.15) is 0 Å². The summed E-state index contributed by atoms with van der Waals surface area (Å²) in [5, 5.41) is 11.9. The van der Waals surface area contributed by atoms with Gasteiger partial charge in [-0.25, -0.2) is 8.42 Å². The largest absolute Gasteiger partial charge is 0.465 e. The van der Waals surface area contributed by atoms with Gasteiger partial charge in [0.15, 0.2) is 0 Å². The van der Waals surface area contributed by atoms with Crippen LogP contribution >= 0.6 is 0 Å². The van der Waals surface area contributed by atoms with Crippen LogP contribution in [-0.2, 0) is 19.6 Å². The minimum Gasteiger partial charge on any atom is -0.465 e. The van der Waals surface area contributed by atoms with Crippen molar-refractivity contribution in [2.24, 2.45) is 0 Å². The monoisotopic (exact) mass is 455 g/mol. The number of nitrogens with zero attached hydrogens (tertiary/aromatic N) is 2. The molecule has 0 unspecified atom stereocenters. The first-order valence-electron chi connectivity index (χ1n) is 9.66. The maximum absolute atomic E-state index is 12.8. The number of esters is 1. The van der Waals surface area contributed by atoms with Crippen LogP contribution in [0.4, 0.5) is 22.7 Å². The summed E-state index contributed by atoms with van der Waals surface area (Å²) in [6.45, 7) is 1.53. The molecule has 0 aliphatic heterocycles. The van der Waals surface area contributed by atoms with Gasteiger partial charge in [0.2, 0.25) is 0 Å². The fraction of sp³-hybridized carbons (Fsp3) is 0.136. The number of anilines is 3. The molecule has 0 bridgehead atoms. The van der Waals surface area contributed by atoms with Crippen molar-refractivity contribution in [2.45, 2.75) is 11.8 Å². The van der Waals surface area contributed by atoms with E-state index in [0.717, 1.165) is 6.07 Å². The smallest absolute Gasteiger partial charge is 0.325 e. The number of hydrogen-bond donors (Lipinski definition) is 1. The molecule has 0 saturated heterocycles. The van der Waals surface area contributed by atoms with E-state index in [4.69, 9.17) is 4.74 Å². The lowest BCUT2D eigenvalue weighted by molar-refractivity contribution is -0.384. The van der Waals surface area contributed by atoms with E-state index in [-0.39, 0.29) is 23.7 Å². The fourth-order valence-corrected chi connectivity index (χ4v) is 4.10. The van der Waals surface area contributed by atoms with Crippen LogP contribution in [0.25, 0.3) is 0 Å². The number of para-hydroxylation sites is 2. The Morgan fingerprint density at radius 3 is 2.25 bits per heavy atom. The van der Waals surface area contributed by atoms with Crippen LogP contribution in [0.5, 0.6) is 0 Å². The second kappa shape index (κ2) is 9.92. The van der Waals surface area contributed by atoms with Gasteiger partial charge in [-0.3, -0.25) is 19.6 Å². The van der Waals surface area contributed by atoms with Crippen molar-refractivity contribution in [1.82, 2.24) is 0 Å². The Morgan fingerprint density at radius 2 is 1.66 bits per heavy atom. The Hall–Kier alpha value is -3.92. The topological polar surface area (TPSA) is 119 Å². The molecule has 3 rings (SSSR count). The maximum Gasteiger partial charge on any atom is 0.325 e. The third kappa shape index (κ3) is 5.41. The van der Waals surface area contributed by atoms with Crippen LogP contribution < -0.4 is 9.62 Å². The summed E-state index contributed by atoms with van der Waals surface area (Å²) in [6.07, 6.45) is 0. The molecule has 1 N–H and O–H groups in total. The van der Waals surface area contributed by atoms with Crippen molar-refractivity contribution < 1.29 is 22.9 Å². The summed E-state index contributed by atoms with van der Waals surface area (Å²) in [5.74, 6) is -0.576. The number of ether oxygens (including phenoxy) is 1. The van der Waals surface area contributed by atoms with Crippen LogP contribution in [0, 0.1) is 10.1 Å². The summed E-state index contributed by atoms with van der Waals surface area (Å²) in [5.41, 5.74) is 0.441. The number of carbonyl (C=O) groups is 1. The zero-order valence-electron chi connectivity index (χ0n) is 17.2. The first-order valence-corrected chi connectivity index (χ1v) is 11.1. The highest BCUT2D eigenvalue weighted by molar-refractivity contribution is 7.92. The molecule has 3 aromatic rings. The third-order valence-electron chi connectivity index (χ3n) is 4.43. The van der Waals surface area contributed by atoms with Gasteiger partial charge in [0.25, 0.3) is 15.7 Å². The average molecular weight is 455 g/mol. The minimum atomic E-state index is -4.07. The maximum atomic E-state index is 12.8. The molecular weight excluding hydrogens is 434 g/mol. The molecule has 10 heteroatoms. The molecule has 0 fully saturated rings. The molecule has 32 heavy (non-hydrogen) atoms. The van der Waals surface area contributed by atoms with Crippen LogP contribution in [0.1, 0.15) is 6.92 Å². The van der Waals surface area contributed by atoms with Crippen molar-refractivity contribution in [2.75, 3.05) is 22.8 Å². The summed E-state index contributed by atoms with van der Waals surface area (Å²) in [7, 11) is -4.07. The number of nitro benzene ring substituents is 1. The zero-order valence-corrected chi connectivity index (χ0v) is 18.0. The third-order valence-corrected chi connectivity index (χ3v) is 5.81. The van der Waals surface area contributed by atoms with Crippen LogP contribution in [0.3, 0.4) is 0 Å². The second-order valence-electron chi connectivity index (χ2n) is 6.61. The molecule has 9 nitrogen and oxygen atoms in total. The highest BCUT2D eigenvalue weighted by Crippen LogP contribution is 2.35. The second-order valence-corrected chi connectivity index (χ2v) is 8.29. The molecule has 166 valence electrons. The molecule has 0 amide bonds. The van der Waals surface area contributed by atoms with E-state index < -0.39 is 26.6 Å². The van der Waals surface area contributed by atoms with Gasteiger partial charge in [-0.15, -0.1) is 0 Å². The van der Waals surface area contributed by atoms with E-state index in [2.05, 4.69) is 4.72 Å². The molecule has 0 radical (unpaired) electrons. The standard InChI is InChI=1S/C22H21N3O6S/c1-2-31-22(26)16-24(18-11-7-4-8-12-18)20-14-13-19(15-21(20)25(27)28)32(29,30)23-17-9-5-3-6-10-17/h3-15,23H,2,16H2,1H3. The summed E-state index contributed by atoms with van der Waals surface area (Å²) in [6, 6.07) is 20.3. The Balaban J connectivity index is 2.05. The summed E-state index contributed by atoms with van der Waals surface area (Å²) in [4.78, 5) is 24.5. The predicted molar refractivity (Wildman–Crippen MR) is 120 cm³/mol. The van der Waals surface area contributed by atoms with Gasteiger partial charge in [0, 0.05) is 17.4 Å². The number of rotatable bonds is 9. The molecule has 0 saturated carbocycles. The molecule has 0 aliphatic carbocycles. The van der Waals surface area contributed by atoms with E-state index in [1.165, 1.54) is 17.0 Å². The van der Waals surface area contributed by atoms with Crippen molar-refractivity contribution in [3.05, 3.63) is 89.0 Å². The van der Waals surface area contributed by atoms with E-state index >= 15 is 0 Å². The highest BCUT2D eigenvalue weighted by Gasteiger charge is 2.27. The van der Waals surface area contributed by atoms with Crippen molar-refractivity contribution in [3.63, 3.8) is 0 Å². The predicted octanol–water partition coefficient (Wildman–Crippen LogP) is 4.10. The number of sulfonamides is 1. The van der Waals surface area contributed by atoms with E-state index in [1.54, 1.807) is 67.6 Å². The van der Waals surface area contributed by atoms with Gasteiger partial charge < -0.3 is 9.64 Å². The van der Waals surface area contributed by atoms with Gasteiger partial charge in [0.05, 0.1) is 16.4 Å². The Kier molecular flexibility index (Phi) is 7.06. The Labute approximate surface area is 185 Å². The molecule has 0 heterocycles. The summed E-state index contributed by atoms with van der Waals surface area (Å²) < 4.78 is 32.9. The SMILES string of the molecule is CCOC(=O)CN(c1ccccc1)c1ccc(S(=O)(=O)Nc2ccccc2)cc1[N+](=O)[O-]. The van der Waals surface area contributed by atoms with Gasteiger partial charge in [-0.1, -0.05) is 36.4 Å². The van der Waals surface area contributed by atoms with E-state index in [9.17, 15) is 23.3 Å². The van der Waals surface area contributed by atoms with Crippen molar-refractivity contribution in [1.29, 1.82) is 0 Å². The normalized spacial score (nSPS) is 10.9. The van der Waals surface area contributed by atoms with Crippen LogP contribution in [0.15, 0.2) is 83.8 Å². The van der Waals surface area contributed by atoms with E-state index in [1.807, 2.05) is 0 Å². The molecule has 0 atom stereocenters. The Morgan fingerprint density at radius 1 is 1.03 bits per heavy atom. The number of benzene rings is 3. The fourth-order valence-electron chi connectivity index (χ4n) is 3.02. The average Bonchev–Trinajstić information content (AvgIpc) is 2.78. The number of nitrogens with one attached hydrogen (secondary N) is 1. The number of hydrogen-bond acceptors (Lipinski definition) is 7. The molecule has 0 aromatic heterocycles. The summed E-state index contributed by atoms with van der Waals surface area (Å²) >= 11 is 0. The molecular formula is C22H21N3O6S. The first-order chi connectivity index (χ1) is 15.3. The molecule has 3 aromatic carbocycles. The van der Waals surface area contributed by atoms with E-state index in [0.29, 0.717) is 11.4 Å². The Bertz CT molecular complexity index is 1200. The first kappa shape index (κ1) is 22.8. The van der Waals surface area contributed by atoms with Gasteiger partial charge in [0.1, 0.15) is 12.2 Å². The van der Waals surface area contributed by atoms with Gasteiger partial charge in [-0.05, 0) is 43.3 Å². The lowest BCUT2D eigenvalue weighted by Gasteiger charge is -2.24. The molecule has 0 spiro atoms. The quantitative estimate of drug-likeness (QED) is 0.293. The van der Waals surface area contributed by atoms with Crippen LogP contribution in [0.2, 0.25) is 0 Å². The highest BCUT2D eigenvalue weighted by atomic mass is 32.2. The lowest BCUT2D eigenvalue weighted by atomic mass is 10.2. The zero-order chi connectivity index (χ0) is 23.1. The lowest BCUT2D eigenvalue weighted by Crippen LogP contribution is -2.27. The van der Waals surface area contributed by atoms with Crippen LogP contribution in [-0.4, -0.2) is 32.5 Å². The molecule has 0 aliphatic rings. The number of nitro groups is 1. The van der Waals surface area contributed by atoms with Crippen molar-refractivity contribution in [3.8, 4) is 0 Å². The minimum absolute atomic E-state index is 0.0629. The van der Waals surface area contributed by atoms with Crippen molar-refractivity contribution >= 4 is 38.7 Å².